The number of rotatable bonds is 7. The SMILES string of the molecule is c1ccc(COc2ccc(C3=C4CC5(CC[C@@H]4c4cc(OCc6ccccc6)ccc4O3)OCCO5)cc2)cc1. The third-order valence-electron chi connectivity index (χ3n) is 7.98. The van der Waals surface area contributed by atoms with Gasteiger partial charge in [0.25, 0.3) is 0 Å². The topological polar surface area (TPSA) is 46.2 Å². The van der Waals surface area contributed by atoms with E-state index in [9.17, 15) is 0 Å². The Balaban J connectivity index is 1.16. The Labute approximate surface area is 234 Å². The van der Waals surface area contributed by atoms with Crippen LogP contribution in [0.1, 0.15) is 47.4 Å². The molecular weight excluding hydrogens is 500 g/mol. The average Bonchev–Trinajstić information content (AvgIpc) is 3.47. The zero-order valence-electron chi connectivity index (χ0n) is 22.4. The minimum Gasteiger partial charge on any atom is -0.489 e. The summed E-state index contributed by atoms with van der Waals surface area (Å²) >= 11 is 0. The van der Waals surface area contributed by atoms with Crippen molar-refractivity contribution in [2.24, 2.45) is 0 Å². The molecule has 7 rings (SSSR count). The van der Waals surface area contributed by atoms with Crippen LogP contribution in [0.3, 0.4) is 0 Å². The number of hydrogen-bond acceptors (Lipinski definition) is 5. The highest BCUT2D eigenvalue weighted by atomic mass is 16.7. The lowest BCUT2D eigenvalue weighted by atomic mass is 9.74. The lowest BCUT2D eigenvalue weighted by Gasteiger charge is -2.41. The van der Waals surface area contributed by atoms with E-state index in [1.54, 1.807) is 0 Å². The van der Waals surface area contributed by atoms with Gasteiger partial charge in [0.1, 0.15) is 36.2 Å². The van der Waals surface area contributed by atoms with Crippen LogP contribution in [-0.2, 0) is 22.7 Å². The van der Waals surface area contributed by atoms with E-state index in [2.05, 4.69) is 42.5 Å². The third-order valence-corrected chi connectivity index (χ3v) is 7.98. The first-order chi connectivity index (χ1) is 19.7. The summed E-state index contributed by atoms with van der Waals surface area (Å²) in [4.78, 5) is 0. The molecular formula is C35H32O5. The fourth-order valence-electron chi connectivity index (χ4n) is 5.95. The van der Waals surface area contributed by atoms with Gasteiger partial charge >= 0.3 is 0 Å². The Kier molecular flexibility index (Phi) is 6.76. The molecule has 1 saturated carbocycles. The first-order valence-electron chi connectivity index (χ1n) is 14.0. The largest absolute Gasteiger partial charge is 0.489 e. The van der Waals surface area contributed by atoms with Gasteiger partial charge in [-0.25, -0.2) is 0 Å². The van der Waals surface area contributed by atoms with Gasteiger partial charge in [0, 0.05) is 29.9 Å². The Morgan fingerprint density at radius 2 is 1.32 bits per heavy atom. The molecule has 0 aromatic heterocycles. The molecule has 0 bridgehead atoms. The predicted molar refractivity (Wildman–Crippen MR) is 153 cm³/mol. The zero-order chi connectivity index (χ0) is 26.8. The molecule has 1 saturated heterocycles. The van der Waals surface area contributed by atoms with Crippen molar-refractivity contribution in [2.45, 2.75) is 44.2 Å². The molecule has 0 radical (unpaired) electrons. The molecule has 2 heterocycles. The van der Waals surface area contributed by atoms with Gasteiger partial charge < -0.3 is 23.7 Å². The monoisotopic (exact) mass is 532 g/mol. The van der Waals surface area contributed by atoms with Gasteiger partial charge in [0.2, 0.25) is 0 Å². The van der Waals surface area contributed by atoms with Crippen LogP contribution in [0.15, 0.2) is 109 Å². The van der Waals surface area contributed by atoms with Crippen LogP contribution < -0.4 is 14.2 Å². The molecule has 1 spiro atoms. The van der Waals surface area contributed by atoms with E-state index in [0.717, 1.165) is 52.5 Å². The molecule has 0 unspecified atom stereocenters. The summed E-state index contributed by atoms with van der Waals surface area (Å²) in [6, 6.07) is 34.8. The van der Waals surface area contributed by atoms with E-state index in [1.165, 1.54) is 11.1 Å². The normalized spacial score (nSPS) is 19.1. The first-order valence-corrected chi connectivity index (χ1v) is 14.0. The predicted octanol–water partition coefficient (Wildman–Crippen LogP) is 7.66. The molecule has 5 heteroatoms. The van der Waals surface area contributed by atoms with E-state index in [1.807, 2.05) is 60.7 Å². The highest BCUT2D eigenvalue weighted by molar-refractivity contribution is 5.71. The molecule has 2 aliphatic heterocycles. The maximum Gasteiger partial charge on any atom is 0.172 e. The van der Waals surface area contributed by atoms with E-state index < -0.39 is 5.79 Å². The van der Waals surface area contributed by atoms with Crippen molar-refractivity contribution in [3.63, 3.8) is 0 Å². The smallest absolute Gasteiger partial charge is 0.172 e. The van der Waals surface area contributed by atoms with Crippen LogP contribution in [0.25, 0.3) is 5.76 Å². The van der Waals surface area contributed by atoms with Gasteiger partial charge in [-0.3, -0.25) is 0 Å². The lowest BCUT2D eigenvalue weighted by Crippen LogP contribution is -2.37. The average molecular weight is 533 g/mol. The first kappa shape index (κ1) is 24.9. The fraction of sp³-hybridized carbons (Fsp3) is 0.257. The highest BCUT2D eigenvalue weighted by Crippen LogP contribution is 2.53. The number of fused-ring (bicyclic) bond motifs is 3. The molecule has 3 aliphatic rings. The molecule has 202 valence electrons. The van der Waals surface area contributed by atoms with Gasteiger partial charge in [-0.2, -0.15) is 0 Å². The standard InChI is InChI=1S/C35H32O5/c1-3-7-25(8-4-1)23-36-28-13-11-27(12-14-28)34-32-22-35(38-19-20-39-35)18-17-30(32)31-21-29(15-16-33(31)40-34)37-24-26-9-5-2-6-10-26/h1-16,21,30H,17-20,22-24H2/t30-/m1/s1. The molecule has 40 heavy (non-hydrogen) atoms. The molecule has 4 aromatic rings. The van der Waals surface area contributed by atoms with E-state index >= 15 is 0 Å². The molecule has 5 nitrogen and oxygen atoms in total. The van der Waals surface area contributed by atoms with Gasteiger partial charge in [-0.05, 0) is 65.6 Å². The van der Waals surface area contributed by atoms with Crippen LogP contribution in [0, 0.1) is 0 Å². The third kappa shape index (κ3) is 5.10. The number of benzene rings is 4. The Morgan fingerprint density at radius 1 is 0.700 bits per heavy atom. The maximum atomic E-state index is 6.65. The second-order valence-electron chi connectivity index (χ2n) is 10.6. The van der Waals surface area contributed by atoms with E-state index in [0.29, 0.717) is 32.8 Å². The fourth-order valence-corrected chi connectivity index (χ4v) is 5.95. The second kappa shape index (κ2) is 10.8. The summed E-state index contributed by atoms with van der Waals surface area (Å²) in [5.74, 6) is 3.11. The molecule has 2 fully saturated rings. The van der Waals surface area contributed by atoms with Crippen LogP contribution in [0.5, 0.6) is 17.2 Å². The summed E-state index contributed by atoms with van der Waals surface area (Å²) in [5, 5.41) is 0. The van der Waals surface area contributed by atoms with Crippen molar-refractivity contribution in [1.82, 2.24) is 0 Å². The summed E-state index contributed by atoms with van der Waals surface area (Å²) in [6.07, 6.45) is 2.47. The Bertz CT molecular complexity index is 1490. The van der Waals surface area contributed by atoms with Gasteiger partial charge in [-0.15, -0.1) is 0 Å². The van der Waals surface area contributed by atoms with Crippen LogP contribution >= 0.6 is 0 Å². The molecule has 0 amide bonds. The zero-order valence-corrected chi connectivity index (χ0v) is 22.4. The van der Waals surface area contributed by atoms with Gasteiger partial charge in [0.05, 0.1) is 13.2 Å². The van der Waals surface area contributed by atoms with Crippen LogP contribution in [0.2, 0.25) is 0 Å². The van der Waals surface area contributed by atoms with Crippen LogP contribution in [-0.4, -0.2) is 19.0 Å². The molecule has 1 atom stereocenters. The lowest BCUT2D eigenvalue weighted by molar-refractivity contribution is -0.169. The van der Waals surface area contributed by atoms with E-state index in [-0.39, 0.29) is 5.92 Å². The second-order valence-corrected chi connectivity index (χ2v) is 10.6. The molecule has 1 aliphatic carbocycles. The Morgan fingerprint density at radius 3 is 2.00 bits per heavy atom. The van der Waals surface area contributed by atoms with Crippen molar-refractivity contribution in [3.05, 3.63) is 131 Å². The minimum atomic E-state index is -0.557. The summed E-state index contributed by atoms with van der Waals surface area (Å²) in [7, 11) is 0. The van der Waals surface area contributed by atoms with E-state index in [4.69, 9.17) is 23.7 Å². The van der Waals surface area contributed by atoms with Crippen molar-refractivity contribution in [1.29, 1.82) is 0 Å². The summed E-state index contributed by atoms with van der Waals surface area (Å²) < 4.78 is 31.2. The number of hydrogen-bond donors (Lipinski definition) is 0. The van der Waals surface area contributed by atoms with Crippen LogP contribution in [0.4, 0.5) is 0 Å². The molecule has 4 aromatic carbocycles. The van der Waals surface area contributed by atoms with Gasteiger partial charge in [0.15, 0.2) is 5.79 Å². The summed E-state index contributed by atoms with van der Waals surface area (Å²) in [5.41, 5.74) is 5.70. The molecule has 0 N–H and O–H groups in total. The number of ether oxygens (including phenoxy) is 5. The van der Waals surface area contributed by atoms with Crippen molar-refractivity contribution in [3.8, 4) is 17.2 Å². The van der Waals surface area contributed by atoms with Gasteiger partial charge in [-0.1, -0.05) is 60.7 Å². The van der Waals surface area contributed by atoms with Crippen molar-refractivity contribution in [2.75, 3.05) is 13.2 Å². The minimum absolute atomic E-state index is 0.214. The maximum absolute atomic E-state index is 6.65. The quantitative estimate of drug-likeness (QED) is 0.245. The van der Waals surface area contributed by atoms with Crippen molar-refractivity contribution >= 4 is 5.76 Å². The Hall–Kier alpha value is -4.06. The summed E-state index contributed by atoms with van der Waals surface area (Å²) in [6.45, 7) is 2.33. The van der Waals surface area contributed by atoms with Crippen molar-refractivity contribution < 1.29 is 23.7 Å². The highest BCUT2D eigenvalue weighted by Gasteiger charge is 2.46.